The van der Waals surface area contributed by atoms with Crippen LogP contribution in [0.1, 0.15) is 42.4 Å². The number of nitrogens with one attached hydrogen (secondary N) is 2. The Morgan fingerprint density at radius 3 is 2.76 bits per heavy atom. The molecule has 0 unspecified atom stereocenters. The minimum atomic E-state index is 0.00648. The number of piperidine rings is 1. The topological polar surface area (TPSA) is 54.1 Å². The first-order valence-electron chi connectivity index (χ1n) is 7.43. The van der Waals surface area contributed by atoms with Crippen molar-refractivity contribution in [2.45, 2.75) is 39.2 Å². The zero-order chi connectivity index (χ0) is 15.4. The molecule has 2 atom stereocenters. The fourth-order valence-electron chi connectivity index (χ4n) is 2.69. The quantitative estimate of drug-likeness (QED) is 0.782. The summed E-state index contributed by atoms with van der Waals surface area (Å²) in [6.45, 7) is 6.34. The van der Waals surface area contributed by atoms with E-state index in [2.05, 4.69) is 17.2 Å². The third-order valence-electron chi connectivity index (χ3n) is 3.88. The van der Waals surface area contributed by atoms with E-state index in [9.17, 15) is 4.79 Å². The molecule has 0 amide bonds. The van der Waals surface area contributed by atoms with Crippen LogP contribution in [0.5, 0.6) is 0 Å². The number of ether oxygens (including phenoxy) is 1. The average molecular weight is 333 g/mol. The summed E-state index contributed by atoms with van der Waals surface area (Å²) < 4.78 is 5.86. The Balaban J connectivity index is 2.04. The van der Waals surface area contributed by atoms with Gasteiger partial charge >= 0.3 is 0 Å². The van der Waals surface area contributed by atoms with Crippen LogP contribution < -0.4 is 5.32 Å². The molecule has 2 N–H and O–H groups in total. The molecule has 0 aromatic carbocycles. The van der Waals surface area contributed by atoms with Crippen LogP contribution in [0, 0.1) is 12.8 Å². The Hall–Kier alpha value is -0.550. The summed E-state index contributed by atoms with van der Waals surface area (Å²) in [7, 11) is 0. The molecule has 21 heavy (non-hydrogen) atoms. The molecule has 0 spiro atoms. The molecule has 118 valence electrons. The van der Waals surface area contributed by atoms with E-state index in [4.69, 9.17) is 27.9 Å². The maximum Gasteiger partial charge on any atom is 0.180 e. The Morgan fingerprint density at radius 2 is 2.14 bits per heavy atom. The van der Waals surface area contributed by atoms with Crippen molar-refractivity contribution in [1.82, 2.24) is 10.3 Å². The third kappa shape index (κ3) is 4.01. The van der Waals surface area contributed by atoms with Crippen LogP contribution in [0.4, 0.5) is 0 Å². The number of Topliss-reactive ketones (excluding diaryl/α,β-unsaturated/α-hetero) is 1. The lowest BCUT2D eigenvalue weighted by Crippen LogP contribution is -2.43. The smallest absolute Gasteiger partial charge is 0.180 e. The molecule has 2 heterocycles. The van der Waals surface area contributed by atoms with Crippen LogP contribution in [-0.2, 0) is 4.74 Å². The maximum absolute atomic E-state index is 12.5. The van der Waals surface area contributed by atoms with Crippen LogP contribution in [0.25, 0.3) is 0 Å². The number of aromatic amines is 1. The van der Waals surface area contributed by atoms with E-state index in [1.54, 1.807) is 0 Å². The van der Waals surface area contributed by atoms with Gasteiger partial charge in [-0.3, -0.25) is 4.79 Å². The predicted molar refractivity (Wildman–Crippen MR) is 85.5 cm³/mol. The summed E-state index contributed by atoms with van der Waals surface area (Å²) in [6.07, 6.45) is 2.44. The molecule has 1 aromatic heterocycles. The van der Waals surface area contributed by atoms with Crippen molar-refractivity contribution in [2.75, 3.05) is 19.7 Å². The van der Waals surface area contributed by atoms with E-state index in [0.29, 0.717) is 22.2 Å². The summed E-state index contributed by atoms with van der Waals surface area (Å²) in [5.41, 5.74) is 1.15. The van der Waals surface area contributed by atoms with Crippen LogP contribution >= 0.6 is 23.2 Å². The number of aryl methyl sites for hydroxylation is 1. The van der Waals surface area contributed by atoms with Gasteiger partial charge in [-0.25, -0.2) is 0 Å². The van der Waals surface area contributed by atoms with Crippen molar-refractivity contribution >= 4 is 29.0 Å². The lowest BCUT2D eigenvalue weighted by atomic mass is 9.89. The Morgan fingerprint density at radius 1 is 1.38 bits per heavy atom. The predicted octanol–water partition coefficient (Wildman–Crippen LogP) is 3.61. The first-order valence-corrected chi connectivity index (χ1v) is 8.19. The number of H-pyrrole nitrogens is 1. The Bertz CT molecular complexity index is 502. The van der Waals surface area contributed by atoms with E-state index in [0.717, 1.165) is 38.2 Å². The molecule has 0 bridgehead atoms. The highest BCUT2D eigenvalue weighted by molar-refractivity contribution is 6.44. The van der Waals surface area contributed by atoms with Crippen LogP contribution in [-0.4, -0.2) is 36.6 Å². The van der Waals surface area contributed by atoms with Crippen molar-refractivity contribution < 1.29 is 9.53 Å². The van der Waals surface area contributed by atoms with Gasteiger partial charge in [0.25, 0.3) is 0 Å². The molecule has 1 aliphatic heterocycles. The lowest BCUT2D eigenvalue weighted by Gasteiger charge is -2.31. The third-order valence-corrected chi connectivity index (χ3v) is 4.83. The van der Waals surface area contributed by atoms with Gasteiger partial charge in [-0.2, -0.15) is 0 Å². The molecule has 1 fully saturated rings. The number of carbonyl (C=O) groups excluding carboxylic acids is 1. The van der Waals surface area contributed by atoms with Gasteiger partial charge in [-0.05, 0) is 32.2 Å². The highest BCUT2D eigenvalue weighted by atomic mass is 35.5. The van der Waals surface area contributed by atoms with E-state index >= 15 is 0 Å². The first kappa shape index (κ1) is 16.8. The summed E-state index contributed by atoms with van der Waals surface area (Å²) in [4.78, 5) is 15.5. The molecule has 2 rings (SSSR count). The average Bonchev–Trinajstić information content (AvgIpc) is 2.74. The zero-order valence-electron chi connectivity index (χ0n) is 12.5. The first-order chi connectivity index (χ1) is 10.0. The molecular formula is C15H22Cl2N2O2. The maximum atomic E-state index is 12.5. The van der Waals surface area contributed by atoms with Crippen LogP contribution in [0.2, 0.25) is 10.0 Å². The van der Waals surface area contributed by atoms with E-state index in [1.165, 1.54) is 0 Å². The van der Waals surface area contributed by atoms with Crippen LogP contribution in [0.3, 0.4) is 0 Å². The number of aromatic nitrogens is 1. The lowest BCUT2D eigenvalue weighted by molar-refractivity contribution is -0.00281. The van der Waals surface area contributed by atoms with Crippen LogP contribution in [0.15, 0.2) is 0 Å². The number of halogens is 2. The largest absolute Gasteiger partial charge is 0.377 e. The minimum Gasteiger partial charge on any atom is -0.377 e. The van der Waals surface area contributed by atoms with Crippen molar-refractivity contribution in [3.05, 3.63) is 21.4 Å². The monoisotopic (exact) mass is 332 g/mol. The summed E-state index contributed by atoms with van der Waals surface area (Å²) in [5.74, 6) is 0.232. The molecule has 6 heteroatoms. The van der Waals surface area contributed by atoms with E-state index < -0.39 is 0 Å². The van der Waals surface area contributed by atoms with Crippen molar-refractivity contribution in [3.8, 4) is 0 Å². The summed E-state index contributed by atoms with van der Waals surface area (Å²) in [5, 5.41) is 4.09. The van der Waals surface area contributed by atoms with Gasteiger partial charge in [0, 0.05) is 25.3 Å². The highest BCUT2D eigenvalue weighted by Crippen LogP contribution is 2.31. The minimum absolute atomic E-state index is 0.00648. The zero-order valence-corrected chi connectivity index (χ0v) is 14.0. The Labute approximate surface area is 135 Å². The number of rotatable bonds is 6. The van der Waals surface area contributed by atoms with Gasteiger partial charge in [0.15, 0.2) is 5.78 Å². The van der Waals surface area contributed by atoms with Gasteiger partial charge in [0.05, 0.1) is 16.1 Å². The number of hydrogen-bond acceptors (Lipinski definition) is 3. The van der Waals surface area contributed by atoms with E-state index in [1.807, 2.05) is 6.92 Å². The van der Waals surface area contributed by atoms with Gasteiger partial charge in [-0.1, -0.05) is 30.1 Å². The van der Waals surface area contributed by atoms with Crippen molar-refractivity contribution in [1.29, 1.82) is 0 Å². The second-order valence-corrected chi connectivity index (χ2v) is 6.30. The molecule has 0 aliphatic carbocycles. The normalized spacial score (nSPS) is 22.5. The summed E-state index contributed by atoms with van der Waals surface area (Å²) >= 11 is 12.2. The fraction of sp³-hybridized carbons (Fsp3) is 0.667. The van der Waals surface area contributed by atoms with Gasteiger partial charge in [0.1, 0.15) is 5.69 Å². The molecule has 0 saturated carbocycles. The highest BCUT2D eigenvalue weighted by Gasteiger charge is 2.29. The molecule has 1 aliphatic rings. The number of ketones is 1. The number of carbonyl (C=O) groups is 1. The standard InChI is InChI=1S/C15H22Cl2N2O2/c1-3-6-21-12-8-18-5-4-10(12)7-11(20)15-14(17)13(16)9(2)19-15/h10,12,18-19H,3-8H2,1-2H3/t10-,12-/m0/s1. The second-order valence-electron chi connectivity index (χ2n) is 5.54. The van der Waals surface area contributed by atoms with Gasteiger partial charge in [-0.15, -0.1) is 0 Å². The van der Waals surface area contributed by atoms with E-state index in [-0.39, 0.29) is 17.8 Å². The molecule has 0 radical (unpaired) electrons. The molecule has 4 nitrogen and oxygen atoms in total. The molecule has 1 aromatic rings. The summed E-state index contributed by atoms with van der Waals surface area (Å²) in [6, 6.07) is 0. The van der Waals surface area contributed by atoms with Gasteiger partial charge < -0.3 is 15.0 Å². The fourth-order valence-corrected chi connectivity index (χ4v) is 3.12. The Kier molecular flexibility index (Phi) is 6.11. The SMILES string of the molecule is CCCO[C@H]1CNCC[C@H]1CC(=O)c1[nH]c(C)c(Cl)c1Cl. The number of hydrogen-bond donors (Lipinski definition) is 2. The molecular weight excluding hydrogens is 311 g/mol. The van der Waals surface area contributed by atoms with Crippen molar-refractivity contribution in [3.63, 3.8) is 0 Å². The second kappa shape index (κ2) is 7.63. The van der Waals surface area contributed by atoms with Gasteiger partial charge in [0.2, 0.25) is 0 Å². The van der Waals surface area contributed by atoms with Crippen molar-refractivity contribution in [2.24, 2.45) is 5.92 Å². The molecule has 1 saturated heterocycles.